The standard InChI is InChI=1S/C5HF9O4S/c6-1(7)2(8)18-4(11,12)3(9,10)5(13,14)19(15,16)17/h(H,15,16,17). The van der Waals surface area contributed by atoms with Gasteiger partial charge in [0.05, 0.1) is 0 Å². The molecule has 0 aromatic carbocycles. The number of ether oxygens (including phenoxy) is 1. The molecule has 0 aliphatic rings. The Bertz CT molecular complexity index is 477. The summed E-state index contributed by atoms with van der Waals surface area (Å²) in [6, 6.07) is -3.63. The number of rotatable bonds is 5. The molecule has 1 N–H and O–H groups in total. The molecular weight excluding hydrogens is 327 g/mol. The SMILES string of the molecule is O=S(=O)(O)C(F)(F)C(F)(F)C(F)(F)OC(F)=C(F)F. The minimum atomic E-state index is -7.07. The molecule has 4 nitrogen and oxygen atoms in total. The van der Waals surface area contributed by atoms with Crippen molar-refractivity contribution in [2.75, 3.05) is 0 Å². The van der Waals surface area contributed by atoms with Crippen LogP contribution in [-0.2, 0) is 14.9 Å². The third-order valence-electron chi connectivity index (χ3n) is 1.42. The fourth-order valence-corrected chi connectivity index (χ4v) is 0.989. The normalized spacial score (nSPS) is 14.2. The Morgan fingerprint density at radius 2 is 1.32 bits per heavy atom. The van der Waals surface area contributed by atoms with Crippen molar-refractivity contribution in [2.24, 2.45) is 0 Å². The van der Waals surface area contributed by atoms with Gasteiger partial charge in [0.15, 0.2) is 0 Å². The predicted molar refractivity (Wildman–Crippen MR) is 37.8 cm³/mol. The Labute approximate surface area is 97.7 Å². The molecule has 0 aliphatic carbocycles. The number of hydrogen-bond acceptors (Lipinski definition) is 3. The summed E-state index contributed by atoms with van der Waals surface area (Å²) >= 11 is 0. The summed E-state index contributed by atoms with van der Waals surface area (Å²) < 4.78 is 138. The van der Waals surface area contributed by atoms with Crippen LogP contribution < -0.4 is 0 Å². The molecule has 0 spiro atoms. The van der Waals surface area contributed by atoms with Crippen molar-refractivity contribution in [3.05, 3.63) is 12.1 Å². The van der Waals surface area contributed by atoms with E-state index in [2.05, 4.69) is 0 Å². The lowest BCUT2D eigenvalue weighted by atomic mass is 10.3. The zero-order valence-corrected chi connectivity index (χ0v) is 8.80. The van der Waals surface area contributed by atoms with E-state index in [9.17, 15) is 47.9 Å². The van der Waals surface area contributed by atoms with Crippen LogP contribution in [0.2, 0.25) is 0 Å². The fraction of sp³-hybridized carbons (Fsp3) is 0.600. The zero-order valence-electron chi connectivity index (χ0n) is 7.98. The minimum Gasteiger partial charge on any atom is -0.397 e. The smallest absolute Gasteiger partial charge is 0.397 e. The molecule has 0 aromatic rings. The lowest BCUT2D eigenvalue weighted by Gasteiger charge is -2.29. The molecule has 0 saturated heterocycles. The summed E-state index contributed by atoms with van der Waals surface area (Å²) in [6.07, 6.45) is -10.4. The van der Waals surface area contributed by atoms with E-state index in [4.69, 9.17) is 4.55 Å². The van der Waals surface area contributed by atoms with E-state index in [-0.39, 0.29) is 0 Å². The third kappa shape index (κ3) is 3.05. The fourth-order valence-electron chi connectivity index (χ4n) is 0.547. The van der Waals surface area contributed by atoms with E-state index >= 15 is 0 Å². The molecule has 14 heteroatoms. The number of alkyl halides is 6. The van der Waals surface area contributed by atoms with E-state index in [1.807, 2.05) is 4.74 Å². The van der Waals surface area contributed by atoms with Gasteiger partial charge in [-0.1, -0.05) is 0 Å². The molecule has 19 heavy (non-hydrogen) atoms. The van der Waals surface area contributed by atoms with Crippen LogP contribution in [0, 0.1) is 0 Å². The van der Waals surface area contributed by atoms with Crippen LogP contribution in [0.25, 0.3) is 0 Å². The van der Waals surface area contributed by atoms with Gasteiger partial charge < -0.3 is 4.74 Å². The van der Waals surface area contributed by atoms with Crippen molar-refractivity contribution in [1.29, 1.82) is 0 Å². The number of hydrogen-bond donors (Lipinski definition) is 1. The number of halogens is 9. The summed E-state index contributed by atoms with van der Waals surface area (Å²) in [5.74, 6) is -7.04. The van der Waals surface area contributed by atoms with Gasteiger partial charge in [-0.05, 0) is 0 Å². The van der Waals surface area contributed by atoms with Crippen molar-refractivity contribution in [3.8, 4) is 0 Å². The van der Waals surface area contributed by atoms with Gasteiger partial charge in [-0.3, -0.25) is 4.55 Å². The highest BCUT2D eigenvalue weighted by atomic mass is 32.2. The van der Waals surface area contributed by atoms with Gasteiger partial charge in [-0.2, -0.15) is 47.9 Å². The molecule has 0 unspecified atom stereocenters. The van der Waals surface area contributed by atoms with E-state index in [0.29, 0.717) is 0 Å². The molecule has 0 saturated carbocycles. The second kappa shape index (κ2) is 4.73. The molecule has 0 fully saturated rings. The Morgan fingerprint density at radius 1 is 0.947 bits per heavy atom. The third-order valence-corrected chi connectivity index (χ3v) is 2.33. The van der Waals surface area contributed by atoms with Crippen LogP contribution in [0.3, 0.4) is 0 Å². The van der Waals surface area contributed by atoms with Gasteiger partial charge in [0.1, 0.15) is 0 Å². The largest absolute Gasteiger partial charge is 0.474 e. The van der Waals surface area contributed by atoms with Crippen LogP contribution >= 0.6 is 0 Å². The second-order valence-corrected chi connectivity index (χ2v) is 4.18. The van der Waals surface area contributed by atoms with Crippen LogP contribution in [-0.4, -0.2) is 30.3 Å². The molecule has 0 amide bonds. The maximum absolute atomic E-state index is 12.5. The van der Waals surface area contributed by atoms with Crippen molar-refractivity contribution >= 4 is 10.1 Å². The summed E-state index contributed by atoms with van der Waals surface area (Å²) in [5.41, 5.74) is 0. The minimum absolute atomic E-state index is 1.97. The Morgan fingerprint density at radius 3 is 1.58 bits per heavy atom. The first-order valence-electron chi connectivity index (χ1n) is 3.58. The van der Waals surface area contributed by atoms with Gasteiger partial charge in [0.25, 0.3) is 0 Å². The molecule has 0 bridgehead atoms. The maximum atomic E-state index is 12.5. The van der Waals surface area contributed by atoms with E-state index in [1.165, 1.54) is 0 Å². The molecule has 0 aromatic heterocycles. The summed E-state index contributed by atoms with van der Waals surface area (Å²) in [5, 5.41) is -6.82. The first-order chi connectivity index (χ1) is 8.08. The molecule has 0 radical (unpaired) electrons. The lowest BCUT2D eigenvalue weighted by molar-refractivity contribution is -0.377. The van der Waals surface area contributed by atoms with Crippen LogP contribution in [0.5, 0.6) is 0 Å². The molecular formula is C5HF9O4S. The summed E-state index contributed by atoms with van der Waals surface area (Å²) in [6.45, 7) is 0. The van der Waals surface area contributed by atoms with Crippen LogP contribution in [0.1, 0.15) is 0 Å². The predicted octanol–water partition coefficient (Wildman–Crippen LogP) is 2.75. The Balaban J connectivity index is 5.72. The quantitative estimate of drug-likeness (QED) is 0.479. The van der Waals surface area contributed by atoms with Crippen molar-refractivity contribution in [2.45, 2.75) is 17.3 Å². The van der Waals surface area contributed by atoms with Gasteiger partial charge >= 0.3 is 39.5 Å². The molecule has 0 rings (SSSR count). The van der Waals surface area contributed by atoms with Gasteiger partial charge in [-0.25, -0.2) is 0 Å². The van der Waals surface area contributed by atoms with Crippen molar-refractivity contribution in [3.63, 3.8) is 0 Å². The summed E-state index contributed by atoms with van der Waals surface area (Å²) in [7, 11) is -7.07. The average molecular weight is 328 g/mol. The van der Waals surface area contributed by atoms with Crippen LogP contribution in [0.4, 0.5) is 39.5 Å². The van der Waals surface area contributed by atoms with Gasteiger partial charge in [0.2, 0.25) is 0 Å². The summed E-state index contributed by atoms with van der Waals surface area (Å²) in [4.78, 5) is 0. The van der Waals surface area contributed by atoms with E-state index < -0.39 is 39.5 Å². The lowest BCUT2D eigenvalue weighted by Crippen LogP contribution is -2.58. The second-order valence-electron chi connectivity index (χ2n) is 2.72. The van der Waals surface area contributed by atoms with E-state index in [0.717, 1.165) is 0 Å². The van der Waals surface area contributed by atoms with Gasteiger partial charge in [-0.15, -0.1) is 0 Å². The Kier molecular flexibility index (Phi) is 4.44. The highest BCUT2D eigenvalue weighted by Crippen LogP contribution is 2.49. The highest BCUT2D eigenvalue weighted by molar-refractivity contribution is 7.87. The topological polar surface area (TPSA) is 63.6 Å². The first-order valence-corrected chi connectivity index (χ1v) is 5.02. The van der Waals surface area contributed by atoms with Crippen LogP contribution in [0.15, 0.2) is 12.1 Å². The molecule has 0 atom stereocenters. The first kappa shape index (κ1) is 17.8. The Hall–Kier alpha value is -1.18. The monoisotopic (exact) mass is 328 g/mol. The molecule has 0 aliphatic heterocycles. The zero-order chi connectivity index (χ0) is 15.9. The van der Waals surface area contributed by atoms with Gasteiger partial charge in [0, 0.05) is 0 Å². The van der Waals surface area contributed by atoms with E-state index in [1.54, 1.807) is 0 Å². The highest BCUT2D eigenvalue weighted by Gasteiger charge is 2.80. The average Bonchev–Trinajstić information content (AvgIpc) is 2.14. The molecule has 114 valence electrons. The van der Waals surface area contributed by atoms with Crippen molar-refractivity contribution < 1.29 is 57.2 Å². The molecule has 0 heterocycles. The van der Waals surface area contributed by atoms with Crippen molar-refractivity contribution in [1.82, 2.24) is 0 Å². The maximum Gasteiger partial charge on any atom is 0.474 e.